The Morgan fingerprint density at radius 3 is 3.06 bits per heavy atom. The van der Waals surface area contributed by atoms with Crippen LogP contribution in [0.15, 0.2) is 18.2 Å². The normalized spacial score (nSPS) is 14.3. The van der Waals surface area contributed by atoms with Crippen LogP contribution in [0.2, 0.25) is 0 Å². The fraction of sp³-hybridized carbons (Fsp3) is 0.462. The predicted molar refractivity (Wildman–Crippen MR) is 70.3 cm³/mol. The van der Waals surface area contributed by atoms with Crippen LogP contribution in [0.4, 0.5) is 5.69 Å². The molecule has 1 aliphatic heterocycles. The summed E-state index contributed by atoms with van der Waals surface area (Å²) in [4.78, 5) is 13.5. The fourth-order valence-corrected chi connectivity index (χ4v) is 2.14. The summed E-state index contributed by atoms with van der Waals surface area (Å²) in [6.45, 7) is 1.72. The van der Waals surface area contributed by atoms with E-state index in [0.717, 1.165) is 24.2 Å². The van der Waals surface area contributed by atoms with Crippen LogP contribution in [-0.2, 0) is 15.4 Å². The van der Waals surface area contributed by atoms with Crippen LogP contribution in [0, 0.1) is 0 Å². The van der Waals surface area contributed by atoms with E-state index in [0.29, 0.717) is 18.2 Å². The molecule has 5 heteroatoms. The average Bonchev–Trinajstić information content (AvgIpc) is 2.38. The highest BCUT2D eigenvalue weighted by Crippen LogP contribution is 2.33. The molecule has 0 unspecified atom stereocenters. The molecular formula is C13H16ClNO3. The van der Waals surface area contributed by atoms with Gasteiger partial charge in [-0.1, -0.05) is 6.07 Å². The number of nitrogens with zero attached hydrogens (tertiary/aromatic N) is 1. The average molecular weight is 270 g/mol. The molecule has 0 bridgehead atoms. The van der Waals surface area contributed by atoms with Crippen LogP contribution >= 0.6 is 11.6 Å². The molecule has 2 rings (SSSR count). The van der Waals surface area contributed by atoms with Gasteiger partial charge in [0.05, 0.1) is 5.69 Å². The van der Waals surface area contributed by atoms with Gasteiger partial charge in [0.15, 0.2) is 5.75 Å². The number of hydrogen-bond acceptors (Lipinski definition) is 4. The molecule has 0 spiro atoms. The zero-order valence-corrected chi connectivity index (χ0v) is 11.1. The molecule has 1 aromatic rings. The molecule has 0 amide bonds. The second-order valence-electron chi connectivity index (χ2n) is 4.18. The number of benzene rings is 1. The number of fused-ring (bicyclic) bond motifs is 1. The topological polar surface area (TPSA) is 38.8 Å². The van der Waals surface area contributed by atoms with Crippen LogP contribution in [0.5, 0.6) is 5.75 Å². The lowest BCUT2D eigenvalue weighted by Gasteiger charge is -2.30. The quantitative estimate of drug-likeness (QED) is 0.355. The second kappa shape index (κ2) is 6.07. The van der Waals surface area contributed by atoms with Gasteiger partial charge in [0.1, 0.15) is 6.54 Å². The molecule has 1 heterocycles. The number of alkyl halides is 1. The van der Waals surface area contributed by atoms with Crippen molar-refractivity contribution in [2.24, 2.45) is 0 Å². The van der Waals surface area contributed by atoms with Crippen molar-refractivity contribution in [3.63, 3.8) is 0 Å². The van der Waals surface area contributed by atoms with Crippen LogP contribution in [0.1, 0.15) is 12.0 Å². The maximum atomic E-state index is 11.5. The summed E-state index contributed by atoms with van der Waals surface area (Å²) in [6, 6.07) is 5.65. The second-order valence-corrected chi connectivity index (χ2v) is 4.44. The Kier molecular flexibility index (Phi) is 4.44. The van der Waals surface area contributed by atoms with Gasteiger partial charge in [-0.15, -0.1) is 11.6 Å². The number of methoxy groups -OCH3 is 1. The van der Waals surface area contributed by atoms with Gasteiger partial charge in [0.2, 0.25) is 0 Å². The van der Waals surface area contributed by atoms with E-state index in [1.807, 2.05) is 17.0 Å². The molecule has 0 saturated carbocycles. The predicted octanol–water partition coefficient (Wildman–Crippen LogP) is 2.19. The number of hydrogen-bond donors (Lipinski definition) is 0. The highest BCUT2D eigenvalue weighted by molar-refractivity contribution is 6.17. The molecule has 98 valence electrons. The highest BCUT2D eigenvalue weighted by atomic mass is 35.5. The van der Waals surface area contributed by atoms with Gasteiger partial charge in [0, 0.05) is 26.1 Å². The van der Waals surface area contributed by atoms with Crippen molar-refractivity contribution in [1.29, 1.82) is 0 Å². The summed E-state index contributed by atoms with van der Waals surface area (Å²) in [6.07, 6.45) is 0.869. The Bertz CT molecular complexity index is 436. The van der Waals surface area contributed by atoms with E-state index in [1.165, 1.54) is 0 Å². The third-order valence-electron chi connectivity index (χ3n) is 2.84. The van der Waals surface area contributed by atoms with E-state index < -0.39 is 0 Å². The molecule has 0 radical (unpaired) electrons. The lowest BCUT2D eigenvalue weighted by atomic mass is 10.1. The van der Waals surface area contributed by atoms with E-state index in [-0.39, 0.29) is 12.5 Å². The monoisotopic (exact) mass is 269 g/mol. The summed E-state index contributed by atoms with van der Waals surface area (Å²) in [5.74, 6) is 0.837. The third kappa shape index (κ3) is 2.94. The molecule has 0 saturated heterocycles. The molecule has 1 aromatic carbocycles. The Hall–Kier alpha value is -1.26. The van der Waals surface area contributed by atoms with Crippen LogP contribution in [-0.4, -0.2) is 32.8 Å². The summed E-state index contributed by atoms with van der Waals surface area (Å²) in [5.41, 5.74) is 1.95. The minimum absolute atomic E-state index is 0.224. The number of esters is 1. The largest absolute Gasteiger partial charge is 0.423 e. The smallest absolute Gasteiger partial charge is 0.331 e. The Labute approximate surface area is 111 Å². The van der Waals surface area contributed by atoms with Gasteiger partial charge in [-0.2, -0.15) is 0 Å². The van der Waals surface area contributed by atoms with Crippen molar-refractivity contribution >= 4 is 23.3 Å². The number of halogens is 1. The molecule has 0 fully saturated rings. The van der Waals surface area contributed by atoms with Crippen LogP contribution in [0.25, 0.3) is 0 Å². The van der Waals surface area contributed by atoms with Gasteiger partial charge in [-0.05, 0) is 24.1 Å². The number of ether oxygens (including phenoxy) is 2. The SMILES string of the molecule is COCCCN1CC(=O)Oc2ccc(CCl)cc21. The summed E-state index contributed by atoms with van der Waals surface area (Å²) in [5, 5.41) is 0. The number of anilines is 1. The Balaban J connectivity index is 2.19. The maximum absolute atomic E-state index is 11.5. The van der Waals surface area contributed by atoms with Gasteiger partial charge >= 0.3 is 5.97 Å². The first-order valence-corrected chi connectivity index (χ1v) is 6.41. The van der Waals surface area contributed by atoms with Gasteiger partial charge in [-0.3, -0.25) is 0 Å². The van der Waals surface area contributed by atoms with E-state index in [1.54, 1.807) is 13.2 Å². The van der Waals surface area contributed by atoms with Gasteiger partial charge in [-0.25, -0.2) is 4.79 Å². The van der Waals surface area contributed by atoms with E-state index in [2.05, 4.69) is 0 Å². The van der Waals surface area contributed by atoms with Crippen molar-refractivity contribution in [3.8, 4) is 5.75 Å². The first-order valence-electron chi connectivity index (χ1n) is 5.88. The minimum atomic E-state index is -0.224. The van der Waals surface area contributed by atoms with Crippen molar-refractivity contribution in [3.05, 3.63) is 23.8 Å². The Morgan fingerprint density at radius 1 is 1.50 bits per heavy atom. The minimum Gasteiger partial charge on any atom is -0.423 e. The van der Waals surface area contributed by atoms with Crippen molar-refractivity contribution in [2.75, 3.05) is 31.7 Å². The molecule has 4 nitrogen and oxygen atoms in total. The summed E-state index contributed by atoms with van der Waals surface area (Å²) >= 11 is 5.83. The van der Waals surface area contributed by atoms with Crippen molar-refractivity contribution in [2.45, 2.75) is 12.3 Å². The standard InChI is InChI=1S/C13H16ClNO3/c1-17-6-2-5-15-9-13(16)18-12-4-3-10(8-14)7-11(12)15/h3-4,7H,2,5-6,8-9H2,1H3. The zero-order valence-electron chi connectivity index (χ0n) is 10.3. The molecular weight excluding hydrogens is 254 g/mol. The number of carbonyl (C=O) groups excluding carboxylic acids is 1. The zero-order chi connectivity index (χ0) is 13.0. The molecule has 1 aliphatic rings. The Morgan fingerprint density at radius 2 is 2.33 bits per heavy atom. The summed E-state index contributed by atoms with van der Waals surface area (Å²) < 4.78 is 10.2. The van der Waals surface area contributed by atoms with Crippen molar-refractivity contribution < 1.29 is 14.3 Å². The number of rotatable bonds is 5. The lowest BCUT2D eigenvalue weighted by Crippen LogP contribution is -2.37. The molecule has 18 heavy (non-hydrogen) atoms. The lowest BCUT2D eigenvalue weighted by molar-refractivity contribution is -0.133. The third-order valence-corrected chi connectivity index (χ3v) is 3.15. The van der Waals surface area contributed by atoms with E-state index in [9.17, 15) is 4.79 Å². The van der Waals surface area contributed by atoms with E-state index in [4.69, 9.17) is 21.1 Å². The van der Waals surface area contributed by atoms with Crippen LogP contribution < -0.4 is 9.64 Å². The van der Waals surface area contributed by atoms with Gasteiger partial charge < -0.3 is 14.4 Å². The number of carbonyl (C=O) groups is 1. The molecule has 0 N–H and O–H groups in total. The fourth-order valence-electron chi connectivity index (χ4n) is 1.97. The summed E-state index contributed by atoms with van der Waals surface area (Å²) in [7, 11) is 1.67. The van der Waals surface area contributed by atoms with Crippen molar-refractivity contribution in [1.82, 2.24) is 0 Å². The molecule has 0 aliphatic carbocycles. The molecule has 0 atom stereocenters. The molecule has 0 aromatic heterocycles. The van der Waals surface area contributed by atoms with Gasteiger partial charge in [0.25, 0.3) is 0 Å². The highest BCUT2D eigenvalue weighted by Gasteiger charge is 2.23. The van der Waals surface area contributed by atoms with Crippen LogP contribution in [0.3, 0.4) is 0 Å². The first-order chi connectivity index (χ1) is 8.74. The van der Waals surface area contributed by atoms with E-state index >= 15 is 0 Å². The first kappa shape index (κ1) is 13.2. The maximum Gasteiger partial charge on any atom is 0.331 e.